The van der Waals surface area contributed by atoms with Gasteiger partial charge in [0.1, 0.15) is 12.4 Å². The molecule has 0 aliphatic carbocycles. The number of fused-ring (bicyclic) bond motifs is 1. The SMILES string of the molecule is O=C1c2ccccc2[C]N1c1ccccn1. The quantitative estimate of drug-likeness (QED) is 0.719. The topological polar surface area (TPSA) is 33.2 Å². The lowest BCUT2D eigenvalue weighted by atomic mass is 10.1. The van der Waals surface area contributed by atoms with Gasteiger partial charge >= 0.3 is 0 Å². The zero-order valence-electron chi connectivity index (χ0n) is 8.42. The predicted molar refractivity (Wildman–Crippen MR) is 59.8 cm³/mol. The summed E-state index contributed by atoms with van der Waals surface area (Å²) in [5, 5.41) is 0. The normalized spacial score (nSPS) is 14.0. The molecular weight excluding hydrogens is 200 g/mol. The monoisotopic (exact) mass is 208 g/mol. The Morgan fingerprint density at radius 2 is 1.88 bits per heavy atom. The number of carbonyl (C=O) groups is 1. The van der Waals surface area contributed by atoms with Gasteiger partial charge in [-0.25, -0.2) is 4.98 Å². The van der Waals surface area contributed by atoms with E-state index in [1.165, 1.54) is 4.90 Å². The van der Waals surface area contributed by atoms with Gasteiger partial charge in [-0.3, -0.25) is 9.69 Å². The van der Waals surface area contributed by atoms with E-state index in [0.29, 0.717) is 11.4 Å². The van der Waals surface area contributed by atoms with E-state index in [-0.39, 0.29) is 5.91 Å². The number of benzene rings is 1. The molecule has 1 aromatic carbocycles. The number of pyridine rings is 1. The highest BCUT2D eigenvalue weighted by atomic mass is 16.2. The lowest BCUT2D eigenvalue weighted by Gasteiger charge is -2.12. The Hall–Kier alpha value is -2.16. The molecule has 1 aliphatic rings. The summed E-state index contributed by atoms with van der Waals surface area (Å²) >= 11 is 0. The minimum absolute atomic E-state index is 0.0747. The highest BCUT2D eigenvalue weighted by molar-refractivity contribution is 6.11. The molecule has 0 saturated heterocycles. The molecule has 0 atom stereocenters. The van der Waals surface area contributed by atoms with Crippen molar-refractivity contribution in [2.45, 2.75) is 0 Å². The zero-order valence-corrected chi connectivity index (χ0v) is 8.42. The summed E-state index contributed by atoms with van der Waals surface area (Å²) in [5.74, 6) is 0.526. The number of aromatic nitrogens is 1. The molecule has 2 radical (unpaired) electrons. The van der Waals surface area contributed by atoms with Crippen LogP contribution in [0.5, 0.6) is 0 Å². The molecule has 0 fully saturated rings. The number of amides is 1. The Bertz CT molecular complexity index is 537. The number of anilines is 1. The third-order valence-corrected chi connectivity index (χ3v) is 2.47. The molecule has 0 bridgehead atoms. The summed E-state index contributed by atoms with van der Waals surface area (Å²) in [6.07, 6.45) is 1.66. The van der Waals surface area contributed by atoms with Gasteiger partial charge in [-0.1, -0.05) is 24.3 Å². The fraction of sp³-hybridized carbons (Fsp3) is 0. The molecule has 1 amide bonds. The van der Waals surface area contributed by atoms with Crippen LogP contribution < -0.4 is 4.90 Å². The van der Waals surface area contributed by atoms with Crippen molar-refractivity contribution in [3.8, 4) is 0 Å². The molecule has 1 aromatic heterocycles. The molecule has 1 aliphatic heterocycles. The van der Waals surface area contributed by atoms with Crippen LogP contribution in [0.3, 0.4) is 0 Å². The first-order valence-electron chi connectivity index (χ1n) is 4.97. The number of carbonyl (C=O) groups excluding carboxylic acids is 1. The second-order valence-electron chi connectivity index (χ2n) is 3.49. The fourth-order valence-corrected chi connectivity index (χ4v) is 1.71. The van der Waals surface area contributed by atoms with E-state index in [9.17, 15) is 4.79 Å². The van der Waals surface area contributed by atoms with Crippen LogP contribution in [0.4, 0.5) is 5.82 Å². The summed E-state index contributed by atoms with van der Waals surface area (Å²) in [5.41, 5.74) is 1.49. The smallest absolute Gasteiger partial charge is 0.260 e. The van der Waals surface area contributed by atoms with Gasteiger partial charge in [0, 0.05) is 11.8 Å². The third kappa shape index (κ3) is 1.29. The molecular formula is C13H8N2O. The van der Waals surface area contributed by atoms with Crippen LogP contribution >= 0.6 is 0 Å². The van der Waals surface area contributed by atoms with Crippen LogP contribution in [-0.2, 0) is 0 Å². The summed E-state index contributed by atoms with van der Waals surface area (Å²) in [4.78, 5) is 17.6. The molecule has 2 aromatic rings. The lowest BCUT2D eigenvalue weighted by molar-refractivity contribution is 0.100. The largest absolute Gasteiger partial charge is 0.276 e. The Morgan fingerprint density at radius 1 is 1.06 bits per heavy atom. The average Bonchev–Trinajstić information content (AvgIpc) is 2.69. The predicted octanol–water partition coefficient (Wildman–Crippen LogP) is 2.13. The maximum atomic E-state index is 12.0. The van der Waals surface area contributed by atoms with Gasteiger partial charge in [0.05, 0.1) is 0 Å². The number of hydrogen-bond acceptors (Lipinski definition) is 2. The van der Waals surface area contributed by atoms with Crippen LogP contribution in [0.1, 0.15) is 15.9 Å². The van der Waals surface area contributed by atoms with Crippen LogP contribution in [0.2, 0.25) is 0 Å². The van der Waals surface area contributed by atoms with Crippen molar-refractivity contribution >= 4 is 11.7 Å². The van der Waals surface area contributed by atoms with Crippen molar-refractivity contribution in [3.05, 3.63) is 66.3 Å². The first-order chi connectivity index (χ1) is 7.86. The summed E-state index contributed by atoms with van der Waals surface area (Å²) < 4.78 is 0. The molecule has 76 valence electrons. The molecule has 3 rings (SSSR count). The highest BCUT2D eigenvalue weighted by Gasteiger charge is 2.29. The van der Waals surface area contributed by atoms with Gasteiger partial charge in [-0.15, -0.1) is 0 Å². The first kappa shape index (κ1) is 9.09. The van der Waals surface area contributed by atoms with Gasteiger partial charge in [-0.2, -0.15) is 0 Å². The molecule has 0 spiro atoms. The molecule has 0 N–H and O–H groups in total. The Labute approximate surface area is 93.4 Å². The van der Waals surface area contributed by atoms with E-state index >= 15 is 0 Å². The Kier molecular flexibility index (Phi) is 1.96. The van der Waals surface area contributed by atoms with Crippen molar-refractivity contribution < 1.29 is 4.79 Å². The van der Waals surface area contributed by atoms with E-state index in [4.69, 9.17) is 0 Å². The van der Waals surface area contributed by atoms with Crippen LogP contribution in [0.25, 0.3) is 0 Å². The van der Waals surface area contributed by atoms with Crippen molar-refractivity contribution in [1.29, 1.82) is 0 Å². The summed E-state index contributed by atoms with van der Waals surface area (Å²) in [6, 6.07) is 12.9. The number of rotatable bonds is 1. The van der Waals surface area contributed by atoms with E-state index in [1.807, 2.05) is 30.3 Å². The maximum Gasteiger partial charge on any atom is 0.260 e. The second kappa shape index (κ2) is 3.45. The molecule has 16 heavy (non-hydrogen) atoms. The summed E-state index contributed by atoms with van der Waals surface area (Å²) in [7, 11) is 0. The molecule has 2 heterocycles. The molecule has 3 nitrogen and oxygen atoms in total. The van der Waals surface area contributed by atoms with Gasteiger partial charge < -0.3 is 0 Å². The van der Waals surface area contributed by atoms with Crippen molar-refractivity contribution in [1.82, 2.24) is 4.98 Å². The highest BCUT2D eigenvalue weighted by Crippen LogP contribution is 2.27. The van der Waals surface area contributed by atoms with Crippen LogP contribution in [-0.4, -0.2) is 10.9 Å². The van der Waals surface area contributed by atoms with Crippen LogP contribution in [0, 0.1) is 6.54 Å². The second-order valence-corrected chi connectivity index (χ2v) is 3.49. The average molecular weight is 208 g/mol. The Balaban J connectivity index is 2.02. The van der Waals surface area contributed by atoms with Crippen molar-refractivity contribution in [2.24, 2.45) is 0 Å². The maximum absolute atomic E-state index is 12.0. The van der Waals surface area contributed by atoms with Gasteiger partial charge in [0.2, 0.25) is 0 Å². The van der Waals surface area contributed by atoms with Gasteiger partial charge in [0.15, 0.2) is 0 Å². The Morgan fingerprint density at radius 3 is 2.62 bits per heavy atom. The molecule has 0 unspecified atom stereocenters. The minimum Gasteiger partial charge on any atom is -0.276 e. The minimum atomic E-state index is -0.0747. The van der Waals surface area contributed by atoms with E-state index in [0.717, 1.165) is 5.56 Å². The third-order valence-electron chi connectivity index (χ3n) is 2.47. The summed E-state index contributed by atoms with van der Waals surface area (Å²) in [6.45, 7) is 3.02. The molecule has 0 saturated carbocycles. The van der Waals surface area contributed by atoms with Crippen LogP contribution in [0.15, 0.2) is 48.7 Å². The van der Waals surface area contributed by atoms with Gasteiger partial charge in [-0.05, 0) is 23.8 Å². The number of nitrogens with zero attached hydrogens (tertiary/aromatic N) is 2. The fourth-order valence-electron chi connectivity index (χ4n) is 1.71. The molecule has 3 heteroatoms. The lowest BCUT2D eigenvalue weighted by Crippen LogP contribution is -2.22. The van der Waals surface area contributed by atoms with E-state index in [2.05, 4.69) is 11.5 Å². The zero-order chi connectivity index (χ0) is 11.0. The standard InChI is InChI=1S/C13H8N2O/c16-13-11-6-2-1-5-10(11)9-15(13)12-7-3-4-8-14-12/h1-8H. The van der Waals surface area contributed by atoms with Gasteiger partial charge in [0.25, 0.3) is 5.91 Å². The van der Waals surface area contributed by atoms with E-state index in [1.54, 1.807) is 18.3 Å². The van der Waals surface area contributed by atoms with Crippen molar-refractivity contribution in [3.63, 3.8) is 0 Å². The van der Waals surface area contributed by atoms with Crippen molar-refractivity contribution in [2.75, 3.05) is 4.90 Å². The van der Waals surface area contributed by atoms with E-state index < -0.39 is 0 Å². The first-order valence-corrected chi connectivity index (χ1v) is 4.97. The number of hydrogen-bond donors (Lipinski definition) is 0.